The van der Waals surface area contributed by atoms with Crippen molar-refractivity contribution in [1.82, 2.24) is 9.97 Å². The predicted molar refractivity (Wildman–Crippen MR) is 44.5 cm³/mol. The first-order valence-electron chi connectivity index (χ1n) is 3.79. The number of imidazole rings is 1. The van der Waals surface area contributed by atoms with Gasteiger partial charge in [0.2, 0.25) is 0 Å². The third-order valence-electron chi connectivity index (χ3n) is 1.83. The largest absolute Gasteiger partial charge is 0.416 e. The SMILES string of the molecule is [CH]c1nc2ccc(C(F)(F)F)cc2[nH]1. The standard InChI is InChI=1S/C9H5F3N2/c1-5-13-7-3-2-6(9(10,11)12)4-8(7)14-5/h1-4H,(H,13,14). The highest BCUT2D eigenvalue weighted by Gasteiger charge is 2.30. The van der Waals surface area contributed by atoms with E-state index in [0.717, 1.165) is 12.1 Å². The van der Waals surface area contributed by atoms with Crippen molar-refractivity contribution in [2.75, 3.05) is 0 Å². The summed E-state index contributed by atoms with van der Waals surface area (Å²) in [4.78, 5) is 6.33. The number of hydrogen-bond acceptors (Lipinski definition) is 1. The average molecular weight is 198 g/mol. The zero-order valence-electron chi connectivity index (χ0n) is 6.89. The number of nitrogens with one attached hydrogen (secondary N) is 1. The molecule has 1 heterocycles. The second-order valence-corrected chi connectivity index (χ2v) is 2.85. The van der Waals surface area contributed by atoms with Crippen LogP contribution in [0.2, 0.25) is 0 Å². The van der Waals surface area contributed by atoms with Crippen LogP contribution in [0.3, 0.4) is 0 Å². The third kappa shape index (κ3) is 1.45. The molecule has 1 N–H and O–H groups in total. The van der Waals surface area contributed by atoms with Crippen LogP contribution >= 0.6 is 0 Å². The van der Waals surface area contributed by atoms with E-state index < -0.39 is 11.7 Å². The number of halogens is 3. The Morgan fingerprint density at radius 3 is 2.64 bits per heavy atom. The molecule has 2 rings (SSSR count). The number of H-pyrrole nitrogens is 1. The summed E-state index contributed by atoms with van der Waals surface area (Å²) in [5, 5.41) is 0. The summed E-state index contributed by atoms with van der Waals surface area (Å²) in [6.45, 7) is 5.30. The highest BCUT2D eigenvalue weighted by molar-refractivity contribution is 5.76. The summed E-state index contributed by atoms with van der Waals surface area (Å²) in [6, 6.07) is 3.24. The average Bonchev–Trinajstić information content (AvgIpc) is 2.41. The zero-order valence-corrected chi connectivity index (χ0v) is 6.89. The minimum Gasteiger partial charge on any atom is -0.342 e. The molecule has 0 saturated carbocycles. The van der Waals surface area contributed by atoms with Crippen LogP contribution in [-0.2, 0) is 6.18 Å². The molecule has 0 saturated heterocycles. The van der Waals surface area contributed by atoms with E-state index in [4.69, 9.17) is 6.92 Å². The van der Waals surface area contributed by atoms with Gasteiger partial charge in [0.1, 0.15) is 5.82 Å². The van der Waals surface area contributed by atoms with Gasteiger partial charge in [-0.05, 0) is 18.2 Å². The number of alkyl halides is 3. The molecular weight excluding hydrogens is 193 g/mol. The van der Waals surface area contributed by atoms with Crippen LogP contribution in [0.25, 0.3) is 11.0 Å². The van der Waals surface area contributed by atoms with Crippen LogP contribution in [0.1, 0.15) is 11.4 Å². The van der Waals surface area contributed by atoms with E-state index in [1.807, 2.05) is 0 Å². The summed E-state index contributed by atoms with van der Waals surface area (Å²) in [5.41, 5.74) is 0.00137. The van der Waals surface area contributed by atoms with Gasteiger partial charge in [0, 0.05) is 6.92 Å². The summed E-state index contributed by atoms with van der Waals surface area (Å²) < 4.78 is 36.8. The fraction of sp³-hybridized carbons (Fsp3) is 0.111. The van der Waals surface area contributed by atoms with Crippen molar-refractivity contribution in [3.05, 3.63) is 36.5 Å². The first kappa shape index (κ1) is 9.05. The molecule has 1 aromatic carbocycles. The maximum atomic E-state index is 12.3. The Labute approximate surface area is 77.8 Å². The van der Waals surface area contributed by atoms with Crippen molar-refractivity contribution in [3.8, 4) is 0 Å². The molecule has 1 aromatic heterocycles. The smallest absolute Gasteiger partial charge is 0.342 e. The van der Waals surface area contributed by atoms with Crippen molar-refractivity contribution >= 4 is 11.0 Å². The number of hydrogen-bond donors (Lipinski definition) is 1. The lowest BCUT2D eigenvalue weighted by molar-refractivity contribution is -0.137. The van der Waals surface area contributed by atoms with Gasteiger partial charge in [0.15, 0.2) is 0 Å². The molecule has 0 aliphatic heterocycles. The molecule has 0 amide bonds. The second kappa shape index (κ2) is 2.73. The Morgan fingerprint density at radius 2 is 2.00 bits per heavy atom. The fourth-order valence-electron chi connectivity index (χ4n) is 1.21. The number of nitrogens with zero attached hydrogens (tertiary/aromatic N) is 1. The van der Waals surface area contributed by atoms with E-state index >= 15 is 0 Å². The summed E-state index contributed by atoms with van der Waals surface area (Å²) in [5.74, 6) is 0.110. The van der Waals surface area contributed by atoms with Crippen molar-refractivity contribution in [1.29, 1.82) is 0 Å². The fourth-order valence-corrected chi connectivity index (χ4v) is 1.21. The van der Waals surface area contributed by atoms with Gasteiger partial charge in [-0.25, -0.2) is 4.98 Å². The number of aromatic nitrogens is 2. The lowest BCUT2D eigenvalue weighted by atomic mass is 10.2. The topological polar surface area (TPSA) is 28.7 Å². The summed E-state index contributed by atoms with van der Waals surface area (Å²) in [6.07, 6.45) is -4.34. The molecule has 2 radical (unpaired) electrons. The minimum atomic E-state index is -4.34. The molecule has 14 heavy (non-hydrogen) atoms. The van der Waals surface area contributed by atoms with Crippen LogP contribution < -0.4 is 0 Å². The predicted octanol–water partition coefficient (Wildman–Crippen LogP) is 2.64. The monoisotopic (exact) mass is 198 g/mol. The molecule has 0 bridgehead atoms. The normalized spacial score (nSPS) is 12.3. The van der Waals surface area contributed by atoms with Crippen LogP contribution in [0.4, 0.5) is 13.2 Å². The van der Waals surface area contributed by atoms with E-state index in [1.165, 1.54) is 6.07 Å². The Hall–Kier alpha value is -1.52. The Kier molecular flexibility index (Phi) is 1.77. The first-order chi connectivity index (χ1) is 6.47. The summed E-state index contributed by atoms with van der Waals surface area (Å²) >= 11 is 0. The second-order valence-electron chi connectivity index (χ2n) is 2.85. The van der Waals surface area contributed by atoms with Gasteiger partial charge in [-0.3, -0.25) is 0 Å². The Bertz CT molecular complexity index is 470. The van der Waals surface area contributed by atoms with Crippen LogP contribution in [-0.4, -0.2) is 9.97 Å². The highest BCUT2D eigenvalue weighted by Crippen LogP contribution is 2.30. The first-order valence-corrected chi connectivity index (χ1v) is 3.79. The summed E-state index contributed by atoms with van der Waals surface area (Å²) in [7, 11) is 0. The van der Waals surface area contributed by atoms with Crippen molar-refractivity contribution in [3.63, 3.8) is 0 Å². The molecule has 0 aliphatic carbocycles. The zero-order chi connectivity index (χ0) is 10.3. The van der Waals surface area contributed by atoms with Gasteiger partial charge < -0.3 is 4.98 Å². The number of rotatable bonds is 0. The van der Waals surface area contributed by atoms with Crippen LogP contribution in [0.5, 0.6) is 0 Å². The highest BCUT2D eigenvalue weighted by atomic mass is 19.4. The quantitative estimate of drug-likeness (QED) is 0.692. The third-order valence-corrected chi connectivity index (χ3v) is 1.83. The maximum Gasteiger partial charge on any atom is 0.416 e. The van der Waals surface area contributed by atoms with Gasteiger partial charge in [0.05, 0.1) is 16.6 Å². The maximum absolute atomic E-state index is 12.3. The van der Waals surface area contributed by atoms with Gasteiger partial charge in [-0.1, -0.05) is 0 Å². The van der Waals surface area contributed by atoms with Gasteiger partial charge in [-0.2, -0.15) is 13.2 Å². The number of aromatic amines is 1. The van der Waals surface area contributed by atoms with Crippen molar-refractivity contribution < 1.29 is 13.2 Å². The Balaban J connectivity index is 2.62. The molecule has 5 heteroatoms. The molecule has 72 valence electrons. The lowest BCUT2D eigenvalue weighted by Crippen LogP contribution is -2.04. The molecule has 0 atom stereocenters. The molecular formula is C9H5F3N2. The number of benzene rings is 1. The van der Waals surface area contributed by atoms with E-state index in [-0.39, 0.29) is 11.3 Å². The van der Waals surface area contributed by atoms with Gasteiger partial charge in [0.25, 0.3) is 0 Å². The van der Waals surface area contributed by atoms with Crippen molar-refractivity contribution in [2.45, 2.75) is 6.18 Å². The number of fused-ring (bicyclic) bond motifs is 1. The lowest BCUT2D eigenvalue weighted by Gasteiger charge is -2.05. The molecule has 0 spiro atoms. The minimum absolute atomic E-state index is 0.110. The van der Waals surface area contributed by atoms with E-state index in [0.29, 0.717) is 5.52 Å². The molecule has 0 fully saturated rings. The molecule has 2 nitrogen and oxygen atoms in total. The Morgan fingerprint density at radius 1 is 1.29 bits per heavy atom. The van der Waals surface area contributed by atoms with Gasteiger partial charge in [-0.15, -0.1) is 0 Å². The van der Waals surface area contributed by atoms with Crippen LogP contribution in [0, 0.1) is 6.92 Å². The van der Waals surface area contributed by atoms with Gasteiger partial charge >= 0.3 is 6.18 Å². The molecule has 0 unspecified atom stereocenters. The van der Waals surface area contributed by atoms with Crippen LogP contribution in [0.15, 0.2) is 18.2 Å². The van der Waals surface area contributed by atoms with Crippen molar-refractivity contribution in [2.24, 2.45) is 0 Å². The van der Waals surface area contributed by atoms with E-state index in [9.17, 15) is 13.2 Å². The van der Waals surface area contributed by atoms with E-state index in [1.54, 1.807) is 0 Å². The van der Waals surface area contributed by atoms with E-state index in [2.05, 4.69) is 9.97 Å². The molecule has 2 aromatic rings. The molecule has 0 aliphatic rings.